The number of rotatable bonds is 1. The number of nitriles is 1. The molecule has 5 heteroatoms. The molecule has 0 aliphatic carbocycles. The van der Waals surface area contributed by atoms with Gasteiger partial charge in [0.2, 0.25) is 0 Å². The van der Waals surface area contributed by atoms with Crippen molar-refractivity contribution in [3.63, 3.8) is 0 Å². The van der Waals surface area contributed by atoms with Crippen LogP contribution in [0.5, 0.6) is 0 Å². The first kappa shape index (κ1) is 13.2. The molecule has 2 aliphatic rings. The Balaban J connectivity index is 2.09. The van der Waals surface area contributed by atoms with E-state index in [0.717, 1.165) is 6.42 Å². The first-order chi connectivity index (χ1) is 8.42. The van der Waals surface area contributed by atoms with Gasteiger partial charge in [-0.2, -0.15) is 5.26 Å². The Labute approximate surface area is 108 Å². The summed E-state index contributed by atoms with van der Waals surface area (Å²) in [7, 11) is 0. The number of carbonyl (C=O) groups is 1. The number of nitrogens with zero attached hydrogens (tertiary/aromatic N) is 2. The highest BCUT2D eigenvalue weighted by atomic mass is 16.6. The fourth-order valence-electron chi connectivity index (χ4n) is 2.74. The molecule has 2 heterocycles. The molecule has 3 unspecified atom stereocenters. The molecular formula is C13H20N2O3. The highest BCUT2D eigenvalue weighted by molar-refractivity contribution is 5.69. The van der Waals surface area contributed by atoms with Gasteiger partial charge < -0.3 is 9.47 Å². The smallest absolute Gasteiger partial charge is 0.410 e. The maximum absolute atomic E-state index is 12.2. The summed E-state index contributed by atoms with van der Waals surface area (Å²) in [6, 6.07) is 2.26. The summed E-state index contributed by atoms with van der Waals surface area (Å²) in [6.45, 7) is 6.65. The molecule has 3 atom stereocenters. The zero-order valence-corrected chi connectivity index (χ0v) is 11.2. The van der Waals surface area contributed by atoms with E-state index in [2.05, 4.69) is 6.07 Å². The average Bonchev–Trinajstić information content (AvgIpc) is 2.45. The summed E-state index contributed by atoms with van der Waals surface area (Å²) in [4.78, 5) is 14.0. The summed E-state index contributed by atoms with van der Waals surface area (Å²) in [5, 5.41) is 8.83. The van der Waals surface area contributed by atoms with E-state index in [1.165, 1.54) is 0 Å². The van der Waals surface area contributed by atoms with E-state index in [4.69, 9.17) is 14.7 Å². The Hall–Kier alpha value is -1.28. The van der Waals surface area contributed by atoms with Gasteiger partial charge in [0.15, 0.2) is 0 Å². The van der Waals surface area contributed by atoms with E-state index >= 15 is 0 Å². The average molecular weight is 252 g/mol. The zero-order chi connectivity index (χ0) is 13.3. The van der Waals surface area contributed by atoms with E-state index in [0.29, 0.717) is 19.6 Å². The van der Waals surface area contributed by atoms with Crippen LogP contribution in [-0.2, 0) is 9.47 Å². The van der Waals surface area contributed by atoms with Gasteiger partial charge in [-0.25, -0.2) is 4.79 Å². The number of hydrogen-bond acceptors (Lipinski definition) is 4. The molecule has 2 saturated heterocycles. The van der Waals surface area contributed by atoms with Gasteiger partial charge in [0.1, 0.15) is 5.60 Å². The van der Waals surface area contributed by atoms with Gasteiger partial charge in [-0.05, 0) is 33.1 Å². The Morgan fingerprint density at radius 2 is 2.22 bits per heavy atom. The lowest BCUT2D eigenvalue weighted by Crippen LogP contribution is -2.51. The van der Waals surface area contributed by atoms with Crippen LogP contribution in [0.15, 0.2) is 0 Å². The minimum absolute atomic E-state index is 0.00162. The van der Waals surface area contributed by atoms with Crippen LogP contribution in [0, 0.1) is 17.2 Å². The van der Waals surface area contributed by atoms with Crippen LogP contribution in [0.2, 0.25) is 0 Å². The molecule has 2 bridgehead atoms. The normalized spacial score (nSPS) is 31.0. The van der Waals surface area contributed by atoms with Crippen LogP contribution in [-0.4, -0.2) is 41.9 Å². The van der Waals surface area contributed by atoms with Gasteiger partial charge in [-0.3, -0.25) is 4.90 Å². The number of amides is 1. The van der Waals surface area contributed by atoms with E-state index in [1.807, 2.05) is 20.8 Å². The van der Waals surface area contributed by atoms with Crippen molar-refractivity contribution < 1.29 is 14.3 Å². The largest absolute Gasteiger partial charge is 0.444 e. The molecule has 0 aromatic carbocycles. The number of ether oxygens (including phenoxy) is 2. The minimum atomic E-state index is -0.487. The van der Waals surface area contributed by atoms with E-state index in [-0.39, 0.29) is 24.1 Å². The van der Waals surface area contributed by atoms with Gasteiger partial charge in [0.05, 0.1) is 31.4 Å². The second-order valence-electron chi connectivity index (χ2n) is 6.00. The second-order valence-corrected chi connectivity index (χ2v) is 6.00. The molecule has 2 rings (SSSR count). The molecular weight excluding hydrogens is 232 g/mol. The number of fused-ring (bicyclic) bond motifs is 2. The van der Waals surface area contributed by atoms with Crippen LogP contribution in [0.4, 0.5) is 4.79 Å². The summed E-state index contributed by atoms with van der Waals surface area (Å²) >= 11 is 0. The lowest BCUT2D eigenvalue weighted by molar-refractivity contribution is -0.0404. The molecule has 1 amide bonds. The van der Waals surface area contributed by atoms with Gasteiger partial charge in [0.25, 0.3) is 0 Å². The lowest BCUT2D eigenvalue weighted by Gasteiger charge is -2.36. The first-order valence-corrected chi connectivity index (χ1v) is 6.38. The zero-order valence-electron chi connectivity index (χ0n) is 11.2. The third kappa shape index (κ3) is 2.59. The predicted molar refractivity (Wildman–Crippen MR) is 64.8 cm³/mol. The number of hydrogen-bond donors (Lipinski definition) is 0. The quantitative estimate of drug-likeness (QED) is 0.715. The van der Waals surface area contributed by atoms with Crippen molar-refractivity contribution >= 4 is 6.09 Å². The van der Waals surface area contributed by atoms with Crippen LogP contribution in [0.1, 0.15) is 33.6 Å². The highest BCUT2D eigenvalue weighted by Gasteiger charge is 2.47. The van der Waals surface area contributed by atoms with Gasteiger partial charge in [-0.15, -0.1) is 0 Å². The second kappa shape index (κ2) is 4.77. The lowest BCUT2D eigenvalue weighted by atomic mass is 9.97. The minimum Gasteiger partial charge on any atom is -0.444 e. The van der Waals surface area contributed by atoms with Crippen molar-refractivity contribution in [3.05, 3.63) is 0 Å². The van der Waals surface area contributed by atoms with Crippen molar-refractivity contribution in [2.24, 2.45) is 5.92 Å². The van der Waals surface area contributed by atoms with Crippen molar-refractivity contribution in [1.82, 2.24) is 4.90 Å². The Morgan fingerprint density at radius 1 is 1.50 bits per heavy atom. The van der Waals surface area contributed by atoms with Crippen LogP contribution in [0.25, 0.3) is 0 Å². The fraction of sp³-hybridized carbons (Fsp3) is 0.846. The van der Waals surface area contributed by atoms with Gasteiger partial charge >= 0.3 is 6.09 Å². The first-order valence-electron chi connectivity index (χ1n) is 6.38. The van der Waals surface area contributed by atoms with Crippen molar-refractivity contribution in [1.29, 1.82) is 5.26 Å². The van der Waals surface area contributed by atoms with Crippen molar-refractivity contribution in [2.75, 3.05) is 13.2 Å². The van der Waals surface area contributed by atoms with Crippen molar-refractivity contribution in [3.8, 4) is 6.07 Å². The molecule has 100 valence electrons. The maximum Gasteiger partial charge on any atom is 0.410 e. The SMILES string of the molecule is CC(C)(C)OC(=O)N1C2COCC1C(CC#N)C2. The predicted octanol–water partition coefficient (Wildman–Crippen LogP) is 1.92. The van der Waals surface area contributed by atoms with E-state index < -0.39 is 5.60 Å². The summed E-state index contributed by atoms with van der Waals surface area (Å²) in [5.74, 6) is 0.218. The van der Waals surface area contributed by atoms with Gasteiger partial charge in [0, 0.05) is 6.42 Å². The molecule has 0 radical (unpaired) electrons. The molecule has 0 aromatic rings. The Kier molecular flexibility index (Phi) is 3.49. The van der Waals surface area contributed by atoms with E-state index in [9.17, 15) is 4.79 Å². The fourth-order valence-corrected chi connectivity index (χ4v) is 2.74. The van der Waals surface area contributed by atoms with E-state index in [1.54, 1.807) is 4.90 Å². The maximum atomic E-state index is 12.2. The molecule has 0 saturated carbocycles. The molecule has 2 fully saturated rings. The third-order valence-corrected chi connectivity index (χ3v) is 3.43. The van der Waals surface area contributed by atoms with Crippen LogP contribution in [0.3, 0.4) is 0 Å². The molecule has 0 spiro atoms. The summed E-state index contributed by atoms with van der Waals surface area (Å²) < 4.78 is 10.9. The Morgan fingerprint density at radius 3 is 2.83 bits per heavy atom. The Bertz CT molecular complexity index is 369. The molecule has 0 aromatic heterocycles. The third-order valence-electron chi connectivity index (χ3n) is 3.43. The van der Waals surface area contributed by atoms with Crippen LogP contribution >= 0.6 is 0 Å². The summed E-state index contributed by atoms with van der Waals surface area (Å²) in [5.41, 5.74) is -0.487. The number of carbonyl (C=O) groups excluding carboxylic acids is 1. The van der Waals surface area contributed by atoms with Crippen LogP contribution < -0.4 is 0 Å². The highest BCUT2D eigenvalue weighted by Crippen LogP contribution is 2.36. The molecule has 2 aliphatic heterocycles. The molecule has 0 N–H and O–H groups in total. The number of morpholine rings is 1. The monoisotopic (exact) mass is 252 g/mol. The van der Waals surface area contributed by atoms with Gasteiger partial charge in [-0.1, -0.05) is 0 Å². The topological polar surface area (TPSA) is 62.6 Å². The molecule has 5 nitrogen and oxygen atoms in total. The van der Waals surface area contributed by atoms with Crippen molar-refractivity contribution in [2.45, 2.75) is 51.3 Å². The standard InChI is InChI=1S/C13H20N2O3/c1-13(2,3)18-12(16)15-10-6-9(4-5-14)11(15)8-17-7-10/h9-11H,4,6-8H2,1-3H3. The molecule has 18 heavy (non-hydrogen) atoms. The summed E-state index contributed by atoms with van der Waals surface area (Å²) in [6.07, 6.45) is 1.04.